The van der Waals surface area contributed by atoms with Gasteiger partial charge < -0.3 is 15.3 Å². The van der Waals surface area contributed by atoms with Crippen molar-refractivity contribution in [1.29, 1.82) is 0 Å². The Morgan fingerprint density at radius 1 is 1.32 bits per heavy atom. The van der Waals surface area contributed by atoms with Gasteiger partial charge in [0, 0.05) is 13.1 Å². The largest absolute Gasteiger partial charge is 0.465 e. The second-order valence-electron chi connectivity index (χ2n) is 5.41. The van der Waals surface area contributed by atoms with E-state index < -0.39 is 40.5 Å². The molecule has 2 aliphatic rings. The second kappa shape index (κ2) is 7.81. The van der Waals surface area contributed by atoms with Crippen LogP contribution in [-0.2, 0) is 24.3 Å². The minimum Gasteiger partial charge on any atom is -0.465 e. The Hall–Kier alpha value is -2.16. The Bertz CT molecular complexity index is 639. The topological polar surface area (TPSA) is 175 Å². The first-order valence-electron chi connectivity index (χ1n) is 7.34. The van der Waals surface area contributed by atoms with Gasteiger partial charge in [-0.2, -0.15) is 13.5 Å². The van der Waals surface area contributed by atoms with E-state index in [9.17, 15) is 22.8 Å². The summed E-state index contributed by atoms with van der Waals surface area (Å²) in [5.41, 5.74) is 2.17. The van der Waals surface area contributed by atoms with E-state index in [2.05, 4.69) is 15.1 Å². The number of carbonyl (C=O) groups excluding carboxylic acids is 2. The van der Waals surface area contributed by atoms with E-state index in [-0.39, 0.29) is 26.1 Å². The van der Waals surface area contributed by atoms with Crippen LogP contribution in [0.5, 0.6) is 0 Å². The van der Waals surface area contributed by atoms with Crippen LogP contribution in [0.25, 0.3) is 0 Å². The summed E-state index contributed by atoms with van der Waals surface area (Å²) in [6.07, 6.45) is -0.265. The molecule has 2 aliphatic heterocycles. The number of amides is 4. The molecule has 0 aromatic rings. The Balaban J connectivity index is 1.81. The summed E-state index contributed by atoms with van der Waals surface area (Å²) in [5, 5.41) is 11.1. The van der Waals surface area contributed by atoms with Crippen LogP contribution >= 0.6 is 0 Å². The van der Waals surface area contributed by atoms with Crippen LogP contribution in [0.4, 0.5) is 9.59 Å². The summed E-state index contributed by atoms with van der Waals surface area (Å²) < 4.78 is 34.5. The van der Waals surface area contributed by atoms with E-state index in [1.54, 1.807) is 0 Å². The summed E-state index contributed by atoms with van der Waals surface area (Å²) in [5.74, 6) is -0.591. The van der Waals surface area contributed by atoms with Crippen molar-refractivity contribution in [2.45, 2.75) is 31.3 Å². The molecule has 0 aromatic heterocycles. The number of hydrogen-bond acceptors (Lipinski definition) is 7. The number of carbonyl (C=O) groups is 3. The average molecular weight is 382 g/mol. The number of carboxylic acid groups (broad SMARTS) is 1. The highest BCUT2D eigenvalue weighted by atomic mass is 32.3. The summed E-state index contributed by atoms with van der Waals surface area (Å²) in [4.78, 5) is 40.5. The lowest BCUT2D eigenvalue weighted by Gasteiger charge is -2.28. The van der Waals surface area contributed by atoms with E-state index >= 15 is 0 Å². The summed E-state index contributed by atoms with van der Waals surface area (Å²) in [6, 6.07) is -2.29. The number of hydrogen-bond donors (Lipinski definition) is 4. The van der Waals surface area contributed by atoms with E-state index in [1.807, 2.05) is 0 Å². The van der Waals surface area contributed by atoms with E-state index in [1.165, 1.54) is 0 Å². The highest BCUT2D eigenvalue weighted by Gasteiger charge is 2.49. The van der Waals surface area contributed by atoms with Gasteiger partial charge in [0.1, 0.15) is 6.04 Å². The molecular weight excluding hydrogens is 364 g/mol. The minimum absolute atomic E-state index is 0.0628. The minimum atomic E-state index is -4.84. The third-order valence-electron chi connectivity index (χ3n) is 3.67. The molecule has 0 spiro atoms. The molecule has 13 nitrogen and oxygen atoms in total. The van der Waals surface area contributed by atoms with Crippen molar-refractivity contribution in [3.63, 3.8) is 0 Å². The van der Waals surface area contributed by atoms with E-state index in [4.69, 9.17) is 14.5 Å². The number of nitrogens with zero attached hydrogens (tertiary/aromatic N) is 2. The first kappa shape index (κ1) is 19.2. The van der Waals surface area contributed by atoms with Crippen LogP contribution in [0.15, 0.2) is 0 Å². The number of hydroxylamine groups is 3. The third-order valence-corrected chi connectivity index (χ3v) is 4.02. The number of rotatable bonds is 8. The molecule has 0 unspecified atom stereocenters. The van der Waals surface area contributed by atoms with Crippen LogP contribution in [0, 0.1) is 0 Å². The first-order chi connectivity index (χ1) is 11.7. The smallest absolute Gasteiger partial charge is 0.418 e. The van der Waals surface area contributed by atoms with Gasteiger partial charge >= 0.3 is 22.5 Å². The molecule has 2 saturated heterocycles. The zero-order valence-electron chi connectivity index (χ0n) is 13.0. The van der Waals surface area contributed by atoms with Gasteiger partial charge in [0.05, 0.1) is 12.6 Å². The van der Waals surface area contributed by atoms with Crippen LogP contribution in [-0.4, -0.2) is 77.9 Å². The molecule has 0 radical (unpaired) electrons. The standard InChI is InChI=1S/C11H18N4O9S/c16-9(13-23-5-1-4-12-10(17)18)8-3-2-7-6-14(8)11(19)15(7)24-25(20,21)22/h7-8,12H,1-6H2,(H,13,16)(H,17,18)(H,20,21,22)/t7-,8+/m1/s1. The normalized spacial score (nSPS) is 22.8. The molecule has 2 atom stereocenters. The Labute approximate surface area is 142 Å². The van der Waals surface area contributed by atoms with Crippen molar-refractivity contribution in [2.24, 2.45) is 0 Å². The van der Waals surface area contributed by atoms with Crippen LogP contribution < -0.4 is 10.8 Å². The molecule has 2 fully saturated rings. The highest BCUT2D eigenvalue weighted by molar-refractivity contribution is 7.80. The molecular formula is C11H18N4O9S. The van der Waals surface area contributed by atoms with Gasteiger partial charge in [0.2, 0.25) is 0 Å². The number of piperidine rings is 1. The maximum absolute atomic E-state index is 12.1. The fourth-order valence-electron chi connectivity index (χ4n) is 2.63. The van der Waals surface area contributed by atoms with Gasteiger partial charge in [0.25, 0.3) is 5.91 Å². The monoisotopic (exact) mass is 382 g/mol. The fraction of sp³-hybridized carbons (Fsp3) is 0.727. The molecule has 2 rings (SSSR count). The van der Waals surface area contributed by atoms with Crippen LogP contribution in [0.3, 0.4) is 0 Å². The van der Waals surface area contributed by atoms with Gasteiger partial charge in [-0.1, -0.05) is 0 Å². The lowest BCUT2D eigenvalue weighted by atomic mass is 10.0. The molecule has 2 bridgehead atoms. The van der Waals surface area contributed by atoms with E-state index in [0.29, 0.717) is 17.9 Å². The summed E-state index contributed by atoms with van der Waals surface area (Å²) in [7, 11) is -4.84. The molecule has 0 aromatic carbocycles. The molecule has 14 heteroatoms. The predicted octanol–water partition coefficient (Wildman–Crippen LogP) is -1.31. The first-order valence-corrected chi connectivity index (χ1v) is 8.71. The molecule has 2 heterocycles. The van der Waals surface area contributed by atoms with Crippen molar-refractivity contribution >= 4 is 28.4 Å². The summed E-state index contributed by atoms with van der Waals surface area (Å²) in [6.45, 7) is 0.297. The Morgan fingerprint density at radius 2 is 2.04 bits per heavy atom. The van der Waals surface area contributed by atoms with Gasteiger partial charge in [0.15, 0.2) is 0 Å². The maximum Gasteiger partial charge on any atom is 0.418 e. The number of fused-ring (bicyclic) bond motifs is 2. The van der Waals surface area contributed by atoms with Crippen molar-refractivity contribution in [2.75, 3.05) is 19.7 Å². The molecule has 4 N–H and O–H groups in total. The summed E-state index contributed by atoms with van der Waals surface area (Å²) >= 11 is 0. The number of nitrogens with one attached hydrogen (secondary N) is 2. The molecule has 25 heavy (non-hydrogen) atoms. The van der Waals surface area contributed by atoms with Gasteiger partial charge in [-0.05, 0) is 19.3 Å². The zero-order valence-corrected chi connectivity index (χ0v) is 13.8. The van der Waals surface area contributed by atoms with Gasteiger partial charge in [-0.15, -0.1) is 4.28 Å². The van der Waals surface area contributed by atoms with Crippen LogP contribution in [0.2, 0.25) is 0 Å². The Kier molecular flexibility index (Phi) is 5.99. The van der Waals surface area contributed by atoms with Crippen LogP contribution in [0.1, 0.15) is 19.3 Å². The SMILES string of the molecule is O=C(O)NCCCONC(=O)[C@@H]1CC[C@@H]2CN1C(=O)N2OS(=O)(=O)O. The second-order valence-corrected chi connectivity index (χ2v) is 6.41. The third kappa shape index (κ3) is 5.15. The quantitative estimate of drug-likeness (QED) is 0.226. The van der Waals surface area contributed by atoms with Crippen molar-refractivity contribution in [1.82, 2.24) is 20.8 Å². The Morgan fingerprint density at radius 3 is 2.68 bits per heavy atom. The molecule has 0 saturated carbocycles. The van der Waals surface area contributed by atoms with Gasteiger partial charge in [-0.25, -0.2) is 15.1 Å². The molecule has 4 amide bonds. The fourth-order valence-corrected chi connectivity index (χ4v) is 3.02. The predicted molar refractivity (Wildman–Crippen MR) is 78.1 cm³/mol. The zero-order chi connectivity index (χ0) is 18.6. The average Bonchev–Trinajstić information content (AvgIpc) is 2.74. The maximum atomic E-state index is 12.1. The lowest BCUT2D eigenvalue weighted by molar-refractivity contribution is -0.138. The molecule has 142 valence electrons. The van der Waals surface area contributed by atoms with Crippen molar-refractivity contribution < 1.29 is 41.6 Å². The number of urea groups is 1. The highest BCUT2D eigenvalue weighted by Crippen LogP contribution is 2.30. The van der Waals surface area contributed by atoms with E-state index in [0.717, 1.165) is 4.90 Å². The lowest BCUT2D eigenvalue weighted by Crippen LogP contribution is -2.49. The van der Waals surface area contributed by atoms with Gasteiger partial charge in [-0.3, -0.25) is 14.2 Å². The van der Waals surface area contributed by atoms with Crippen molar-refractivity contribution in [3.05, 3.63) is 0 Å². The molecule has 0 aliphatic carbocycles. The van der Waals surface area contributed by atoms with Crippen molar-refractivity contribution in [3.8, 4) is 0 Å².